The summed E-state index contributed by atoms with van der Waals surface area (Å²) in [6.45, 7) is 1.82. The largest absolute Gasteiger partial charge is 0.744 e. The Morgan fingerprint density at radius 2 is 1.49 bits per heavy atom. The third kappa shape index (κ3) is 5.58. The van der Waals surface area contributed by atoms with Crippen LogP contribution in [0.2, 0.25) is 0 Å². The first-order chi connectivity index (χ1) is 19.5. The van der Waals surface area contributed by atoms with Crippen LogP contribution < -0.4 is 10.2 Å². The number of nitrogens with zero attached hydrogens (tertiary/aromatic N) is 5. The molecular formula is C30H27N5O5S. The van der Waals surface area contributed by atoms with Crippen molar-refractivity contribution in [2.24, 2.45) is 21.1 Å². The number of benzene rings is 3. The number of aromatic nitrogens is 5. The molecule has 0 atom stereocenters. The highest BCUT2D eigenvalue weighted by Crippen LogP contribution is 2.23. The first-order valence-electron chi connectivity index (χ1n) is 12.6. The maximum atomic E-state index is 12.5. The van der Waals surface area contributed by atoms with Gasteiger partial charge in [-0.05, 0) is 37.3 Å². The number of para-hydroxylation sites is 2. The number of rotatable bonds is 4. The average molecular weight is 570 g/mol. The lowest BCUT2D eigenvalue weighted by molar-refractivity contribution is -0.649. The van der Waals surface area contributed by atoms with Crippen molar-refractivity contribution in [3.05, 3.63) is 106 Å². The topological polar surface area (TPSA) is 127 Å². The first-order valence-corrected chi connectivity index (χ1v) is 14.0. The highest BCUT2D eigenvalue weighted by atomic mass is 32.2. The molecule has 0 spiro atoms. The van der Waals surface area contributed by atoms with E-state index in [1.54, 1.807) is 25.3 Å². The molecule has 3 heterocycles. The number of aryl methyl sites for hydroxylation is 4. The molecule has 11 heteroatoms. The molecule has 0 aliphatic rings. The molecule has 0 aliphatic heterocycles. The molecule has 0 N–H and O–H groups in total. The van der Waals surface area contributed by atoms with Gasteiger partial charge in [-0.15, -0.1) is 0 Å². The van der Waals surface area contributed by atoms with Gasteiger partial charge in [0, 0.05) is 18.7 Å². The highest BCUT2D eigenvalue weighted by molar-refractivity contribution is 7.85. The van der Waals surface area contributed by atoms with Gasteiger partial charge in [-0.3, -0.25) is 0 Å². The molecule has 0 amide bonds. The average Bonchev–Trinajstić information content (AvgIpc) is 3.36. The van der Waals surface area contributed by atoms with Gasteiger partial charge in [0.1, 0.15) is 15.6 Å². The van der Waals surface area contributed by atoms with Crippen molar-refractivity contribution in [2.75, 3.05) is 0 Å². The van der Waals surface area contributed by atoms with Crippen molar-refractivity contribution in [3.63, 3.8) is 0 Å². The summed E-state index contributed by atoms with van der Waals surface area (Å²) in [5.41, 5.74) is 5.95. The zero-order valence-corrected chi connectivity index (χ0v) is 23.7. The number of imidazole rings is 1. The summed E-state index contributed by atoms with van der Waals surface area (Å²) < 4.78 is 41.9. The molecule has 6 rings (SSSR count). The Balaban J connectivity index is 0.000000259. The quantitative estimate of drug-likeness (QED) is 0.232. The van der Waals surface area contributed by atoms with E-state index in [9.17, 15) is 17.8 Å². The molecule has 0 fully saturated rings. The Morgan fingerprint density at radius 1 is 0.878 bits per heavy atom. The number of fused-ring (bicyclic) bond motifs is 2. The molecule has 0 aliphatic carbocycles. The van der Waals surface area contributed by atoms with E-state index < -0.39 is 10.1 Å². The third-order valence-electron chi connectivity index (χ3n) is 6.62. The Bertz CT molecular complexity index is 2020. The van der Waals surface area contributed by atoms with Crippen LogP contribution >= 0.6 is 0 Å². The van der Waals surface area contributed by atoms with E-state index in [-0.39, 0.29) is 10.5 Å². The fourth-order valence-corrected chi connectivity index (χ4v) is 5.00. The predicted molar refractivity (Wildman–Crippen MR) is 155 cm³/mol. The fraction of sp³-hybridized carbons (Fsp3) is 0.133. The zero-order chi connectivity index (χ0) is 29.3. The van der Waals surface area contributed by atoms with Crippen LogP contribution in [0.25, 0.3) is 45.7 Å². The molecule has 0 saturated heterocycles. The van der Waals surface area contributed by atoms with Crippen molar-refractivity contribution in [1.29, 1.82) is 0 Å². The zero-order valence-electron chi connectivity index (χ0n) is 22.8. The molecule has 10 nitrogen and oxygen atoms in total. The Labute approximate surface area is 236 Å². The summed E-state index contributed by atoms with van der Waals surface area (Å²) >= 11 is 0. The lowest BCUT2D eigenvalue weighted by Crippen LogP contribution is -2.31. The standard InChI is InChI=1S/C23H20N5O2.C7H8O3S/c1-26-19(27(2)22-21(26)24-17-11-7-8-12-18(17)25-22)14-13-16-20(28(3)30-23(16)29)15-9-5-4-6-10-15;1-6-2-4-7(5-3-6)11(8,9)10/h4-14H,1-3H3;2-5H,1H3,(H,8,9,10)/q+1;/p-1. The smallest absolute Gasteiger partial charge is 0.365 e. The molecular weight excluding hydrogens is 542 g/mol. The Kier molecular flexibility index (Phi) is 7.40. The second-order valence-electron chi connectivity index (χ2n) is 9.44. The van der Waals surface area contributed by atoms with E-state index in [0.717, 1.165) is 45.0 Å². The number of hydrogen-bond donors (Lipinski definition) is 0. The van der Waals surface area contributed by atoms with Gasteiger partial charge in [-0.25, -0.2) is 32.1 Å². The summed E-state index contributed by atoms with van der Waals surface area (Å²) in [5.74, 6) is 0.863. The molecule has 3 aromatic heterocycles. The molecule has 208 valence electrons. The molecule has 0 bridgehead atoms. The molecule has 3 aromatic carbocycles. The van der Waals surface area contributed by atoms with E-state index in [1.807, 2.05) is 90.8 Å². The molecule has 0 saturated carbocycles. The van der Waals surface area contributed by atoms with Crippen LogP contribution in [0.4, 0.5) is 0 Å². The van der Waals surface area contributed by atoms with E-state index in [1.165, 1.54) is 16.9 Å². The molecule has 0 radical (unpaired) electrons. The Hall–Kier alpha value is -4.87. The van der Waals surface area contributed by atoms with Gasteiger partial charge < -0.3 is 9.08 Å². The summed E-state index contributed by atoms with van der Waals surface area (Å²) in [6.07, 6.45) is 3.69. The molecule has 6 aromatic rings. The lowest BCUT2D eigenvalue weighted by atomic mass is 10.1. The van der Waals surface area contributed by atoms with Gasteiger partial charge in [0.15, 0.2) is 5.52 Å². The van der Waals surface area contributed by atoms with E-state index in [2.05, 4.69) is 0 Å². The fourth-order valence-electron chi connectivity index (χ4n) is 4.53. The SMILES string of the molecule is Cc1ccc(S(=O)(=O)[O-])cc1.Cn1oc(=O)c(/C=C/c2n(C)c3nc4ccccc4nc3[n+]2C)c1-c1ccccc1. The van der Waals surface area contributed by atoms with Crippen LogP contribution in [0.15, 0.2) is 93.1 Å². The van der Waals surface area contributed by atoms with Crippen LogP contribution in [0.3, 0.4) is 0 Å². The summed E-state index contributed by atoms with van der Waals surface area (Å²) in [5, 5.41) is 0. The van der Waals surface area contributed by atoms with Gasteiger partial charge >= 0.3 is 11.3 Å². The van der Waals surface area contributed by atoms with Crippen molar-refractivity contribution >= 4 is 44.6 Å². The Morgan fingerprint density at radius 3 is 2.12 bits per heavy atom. The normalized spacial score (nSPS) is 11.7. The van der Waals surface area contributed by atoms with Gasteiger partial charge in [0.25, 0.3) is 5.65 Å². The van der Waals surface area contributed by atoms with Gasteiger partial charge in [-0.1, -0.05) is 65.1 Å². The van der Waals surface area contributed by atoms with Crippen LogP contribution in [0.1, 0.15) is 17.0 Å². The van der Waals surface area contributed by atoms with Crippen LogP contribution in [-0.4, -0.2) is 32.2 Å². The number of hydrogen-bond acceptors (Lipinski definition) is 7. The minimum absolute atomic E-state index is 0.178. The monoisotopic (exact) mass is 569 g/mol. The second-order valence-corrected chi connectivity index (χ2v) is 10.8. The molecule has 0 unspecified atom stereocenters. The summed E-state index contributed by atoms with van der Waals surface area (Å²) in [4.78, 5) is 21.8. The predicted octanol–water partition coefficient (Wildman–Crippen LogP) is 3.97. The van der Waals surface area contributed by atoms with Crippen molar-refractivity contribution in [1.82, 2.24) is 19.3 Å². The van der Waals surface area contributed by atoms with E-state index in [0.29, 0.717) is 5.56 Å². The first kappa shape index (κ1) is 27.7. The van der Waals surface area contributed by atoms with Crippen LogP contribution in [0.5, 0.6) is 0 Å². The maximum absolute atomic E-state index is 12.5. The lowest BCUT2D eigenvalue weighted by Gasteiger charge is -2.05. The summed E-state index contributed by atoms with van der Waals surface area (Å²) in [6, 6.07) is 23.3. The van der Waals surface area contributed by atoms with Gasteiger partial charge in [-0.2, -0.15) is 0 Å². The van der Waals surface area contributed by atoms with Gasteiger partial charge in [0.05, 0.1) is 30.2 Å². The minimum atomic E-state index is -4.27. The van der Waals surface area contributed by atoms with E-state index >= 15 is 0 Å². The van der Waals surface area contributed by atoms with Crippen molar-refractivity contribution in [3.8, 4) is 11.3 Å². The van der Waals surface area contributed by atoms with Crippen molar-refractivity contribution < 1.29 is 22.1 Å². The van der Waals surface area contributed by atoms with E-state index in [4.69, 9.17) is 14.5 Å². The highest BCUT2D eigenvalue weighted by Gasteiger charge is 2.22. The van der Waals surface area contributed by atoms with Crippen molar-refractivity contribution in [2.45, 2.75) is 11.8 Å². The third-order valence-corrected chi connectivity index (χ3v) is 7.47. The summed E-state index contributed by atoms with van der Waals surface area (Å²) in [7, 11) is 1.35. The second kappa shape index (κ2) is 11.0. The maximum Gasteiger partial charge on any atom is 0.365 e. The van der Waals surface area contributed by atoms with Crippen LogP contribution in [0, 0.1) is 6.92 Å². The van der Waals surface area contributed by atoms with Crippen LogP contribution in [-0.2, 0) is 31.3 Å². The van der Waals surface area contributed by atoms with Gasteiger partial charge in [0.2, 0.25) is 5.82 Å². The minimum Gasteiger partial charge on any atom is -0.744 e. The molecule has 41 heavy (non-hydrogen) atoms.